The first-order valence-electron chi connectivity index (χ1n) is 8.24. The summed E-state index contributed by atoms with van der Waals surface area (Å²) in [5, 5.41) is 30.9. The van der Waals surface area contributed by atoms with E-state index in [0.29, 0.717) is 5.56 Å². The van der Waals surface area contributed by atoms with E-state index in [1.54, 1.807) is 24.3 Å². The minimum Gasteiger partial charge on any atom is -0.507 e. The van der Waals surface area contributed by atoms with Crippen molar-refractivity contribution >= 4 is 39.1 Å². The fourth-order valence-electron chi connectivity index (χ4n) is 3.11. The van der Waals surface area contributed by atoms with Gasteiger partial charge in [-0.2, -0.15) is 0 Å². The molecule has 0 saturated carbocycles. The standard InChI is InChI=1S/C19H15BrN2O6/c20-13-5-1-11(2-6-13)16-15(18(25)19(26)21(16)9-10-23)17(24)12-3-7-14(8-4-12)22(27)28/h1-8,16,23-24H,9-10H2. The van der Waals surface area contributed by atoms with Gasteiger partial charge in [0.05, 0.1) is 23.1 Å². The molecule has 1 fully saturated rings. The smallest absolute Gasteiger partial charge is 0.295 e. The third kappa shape index (κ3) is 3.54. The Bertz CT molecular complexity index is 969. The number of ketones is 1. The number of halogens is 1. The Labute approximate surface area is 168 Å². The number of non-ortho nitro benzene ring substituents is 1. The van der Waals surface area contributed by atoms with Gasteiger partial charge in [-0.25, -0.2) is 0 Å². The van der Waals surface area contributed by atoms with Crippen molar-refractivity contribution in [2.45, 2.75) is 6.04 Å². The molecule has 0 radical (unpaired) electrons. The van der Waals surface area contributed by atoms with Gasteiger partial charge in [0.25, 0.3) is 17.4 Å². The van der Waals surface area contributed by atoms with E-state index in [0.717, 1.165) is 4.47 Å². The second kappa shape index (κ2) is 7.91. The summed E-state index contributed by atoms with van der Waals surface area (Å²) < 4.78 is 0.797. The van der Waals surface area contributed by atoms with Gasteiger partial charge < -0.3 is 15.1 Å². The third-order valence-corrected chi connectivity index (χ3v) is 4.95. The van der Waals surface area contributed by atoms with Gasteiger partial charge in [-0.05, 0) is 29.8 Å². The van der Waals surface area contributed by atoms with Crippen molar-refractivity contribution in [1.82, 2.24) is 4.90 Å². The molecule has 0 bridgehead atoms. The minimum atomic E-state index is -0.879. The highest BCUT2D eigenvalue weighted by Crippen LogP contribution is 2.39. The Balaban J connectivity index is 2.14. The van der Waals surface area contributed by atoms with Gasteiger partial charge in [0, 0.05) is 28.7 Å². The molecule has 0 aromatic heterocycles. The lowest BCUT2D eigenvalue weighted by Crippen LogP contribution is -2.32. The number of Topliss-reactive ketones (excluding diaryl/α,β-unsaturated/α-hetero) is 1. The first-order chi connectivity index (χ1) is 13.3. The van der Waals surface area contributed by atoms with Crippen LogP contribution in [0.15, 0.2) is 58.6 Å². The molecular formula is C19H15BrN2O6. The number of benzene rings is 2. The summed E-state index contributed by atoms with van der Waals surface area (Å²) in [6.45, 7) is -0.431. The zero-order valence-electron chi connectivity index (χ0n) is 14.4. The number of carbonyl (C=O) groups excluding carboxylic acids is 2. The van der Waals surface area contributed by atoms with Crippen molar-refractivity contribution in [2.75, 3.05) is 13.2 Å². The topological polar surface area (TPSA) is 121 Å². The van der Waals surface area contributed by atoms with Crippen LogP contribution >= 0.6 is 15.9 Å². The molecule has 8 nitrogen and oxygen atoms in total. The van der Waals surface area contributed by atoms with E-state index in [2.05, 4.69) is 15.9 Å². The SMILES string of the molecule is O=C1C(=O)N(CCO)C(c2ccc(Br)cc2)C1=C(O)c1ccc([N+](=O)[O-])cc1. The van der Waals surface area contributed by atoms with E-state index in [-0.39, 0.29) is 30.0 Å². The molecule has 28 heavy (non-hydrogen) atoms. The average Bonchev–Trinajstić information content (AvgIpc) is 2.93. The normalized spacial score (nSPS) is 18.5. The molecule has 2 aromatic rings. The van der Waals surface area contributed by atoms with E-state index in [1.807, 2.05) is 0 Å². The molecule has 2 aromatic carbocycles. The number of β-amino-alcohol motifs (C(OH)–C–C–N with tert-alkyl or cyclic N) is 1. The highest BCUT2D eigenvalue weighted by molar-refractivity contribution is 9.10. The van der Waals surface area contributed by atoms with E-state index in [1.165, 1.54) is 29.2 Å². The summed E-state index contributed by atoms with van der Waals surface area (Å²) in [4.78, 5) is 36.5. The van der Waals surface area contributed by atoms with E-state index >= 15 is 0 Å². The van der Waals surface area contributed by atoms with Crippen LogP contribution in [0.25, 0.3) is 5.76 Å². The maximum absolute atomic E-state index is 12.6. The van der Waals surface area contributed by atoms with Crippen LogP contribution in [0, 0.1) is 10.1 Å². The van der Waals surface area contributed by atoms with Crippen LogP contribution in [0.1, 0.15) is 17.2 Å². The van der Waals surface area contributed by atoms with Crippen molar-refractivity contribution in [1.29, 1.82) is 0 Å². The number of amides is 1. The number of nitro benzene ring substituents is 1. The lowest BCUT2D eigenvalue weighted by atomic mass is 9.95. The number of hydrogen-bond acceptors (Lipinski definition) is 6. The highest BCUT2D eigenvalue weighted by Gasteiger charge is 2.45. The van der Waals surface area contributed by atoms with Crippen molar-refractivity contribution in [3.8, 4) is 0 Å². The Morgan fingerprint density at radius 3 is 2.25 bits per heavy atom. The monoisotopic (exact) mass is 446 g/mol. The summed E-state index contributed by atoms with van der Waals surface area (Å²) in [5.41, 5.74) is 0.463. The quantitative estimate of drug-likeness (QED) is 0.239. The first-order valence-corrected chi connectivity index (χ1v) is 9.04. The van der Waals surface area contributed by atoms with Crippen molar-refractivity contribution in [3.05, 3.63) is 79.8 Å². The molecule has 1 aliphatic heterocycles. The summed E-state index contributed by atoms with van der Waals surface area (Å²) in [7, 11) is 0. The molecule has 1 saturated heterocycles. The second-order valence-electron chi connectivity index (χ2n) is 6.07. The molecule has 1 aliphatic rings. The van der Waals surface area contributed by atoms with Gasteiger partial charge in [-0.1, -0.05) is 28.1 Å². The molecule has 1 atom stereocenters. The predicted molar refractivity (Wildman–Crippen MR) is 103 cm³/mol. The lowest BCUT2D eigenvalue weighted by Gasteiger charge is -2.24. The molecule has 1 heterocycles. The van der Waals surface area contributed by atoms with Gasteiger partial charge >= 0.3 is 0 Å². The van der Waals surface area contributed by atoms with Crippen molar-refractivity contribution in [3.63, 3.8) is 0 Å². The number of rotatable bonds is 5. The number of nitro groups is 1. The minimum absolute atomic E-state index is 0.0810. The van der Waals surface area contributed by atoms with Gasteiger partial charge in [0.2, 0.25) is 0 Å². The Hall–Kier alpha value is -3.04. The van der Waals surface area contributed by atoms with Crippen LogP contribution in [-0.2, 0) is 9.59 Å². The van der Waals surface area contributed by atoms with Gasteiger partial charge in [-0.3, -0.25) is 19.7 Å². The van der Waals surface area contributed by atoms with E-state index in [4.69, 9.17) is 0 Å². The Kier molecular flexibility index (Phi) is 5.57. The average molecular weight is 447 g/mol. The molecule has 1 unspecified atom stereocenters. The van der Waals surface area contributed by atoms with Crippen LogP contribution in [0.2, 0.25) is 0 Å². The van der Waals surface area contributed by atoms with Crippen LogP contribution < -0.4 is 0 Å². The summed E-state index contributed by atoms with van der Waals surface area (Å²) in [6, 6.07) is 11.0. The molecule has 9 heteroatoms. The zero-order chi connectivity index (χ0) is 20.4. The third-order valence-electron chi connectivity index (χ3n) is 4.42. The first kappa shape index (κ1) is 19.7. The molecule has 3 rings (SSSR count). The number of hydrogen-bond donors (Lipinski definition) is 2. The molecule has 144 valence electrons. The van der Waals surface area contributed by atoms with Crippen LogP contribution in [-0.4, -0.2) is 44.9 Å². The lowest BCUT2D eigenvalue weighted by molar-refractivity contribution is -0.384. The van der Waals surface area contributed by atoms with Gasteiger partial charge in [0.15, 0.2) is 0 Å². The molecule has 2 N–H and O–H groups in total. The number of carbonyl (C=O) groups is 2. The van der Waals surface area contributed by atoms with Crippen LogP contribution in [0.4, 0.5) is 5.69 Å². The number of aliphatic hydroxyl groups excluding tert-OH is 2. The largest absolute Gasteiger partial charge is 0.507 e. The maximum Gasteiger partial charge on any atom is 0.295 e. The van der Waals surface area contributed by atoms with Crippen LogP contribution in [0.3, 0.4) is 0 Å². The zero-order valence-corrected chi connectivity index (χ0v) is 16.0. The fraction of sp³-hybridized carbons (Fsp3) is 0.158. The molecular weight excluding hydrogens is 432 g/mol. The Morgan fingerprint density at radius 1 is 1.11 bits per heavy atom. The fourth-order valence-corrected chi connectivity index (χ4v) is 3.37. The van der Waals surface area contributed by atoms with Crippen molar-refractivity contribution in [2.24, 2.45) is 0 Å². The molecule has 0 aliphatic carbocycles. The van der Waals surface area contributed by atoms with Crippen molar-refractivity contribution < 1.29 is 24.7 Å². The highest BCUT2D eigenvalue weighted by atomic mass is 79.9. The van der Waals surface area contributed by atoms with Gasteiger partial charge in [0.1, 0.15) is 5.76 Å². The van der Waals surface area contributed by atoms with E-state index in [9.17, 15) is 29.9 Å². The van der Waals surface area contributed by atoms with E-state index < -0.39 is 28.4 Å². The maximum atomic E-state index is 12.6. The molecule has 1 amide bonds. The summed E-state index contributed by atoms with van der Waals surface area (Å²) in [6.07, 6.45) is 0. The summed E-state index contributed by atoms with van der Waals surface area (Å²) >= 11 is 3.32. The van der Waals surface area contributed by atoms with Crippen LogP contribution in [0.5, 0.6) is 0 Å². The Morgan fingerprint density at radius 2 is 1.71 bits per heavy atom. The number of nitrogens with zero attached hydrogens (tertiary/aromatic N) is 2. The second-order valence-corrected chi connectivity index (χ2v) is 6.99. The number of aliphatic hydroxyl groups is 2. The summed E-state index contributed by atoms with van der Waals surface area (Å²) in [5.74, 6) is -2.13. The number of likely N-dealkylation sites (tertiary alicyclic amines) is 1. The molecule has 0 spiro atoms. The predicted octanol–water partition coefficient (Wildman–Crippen LogP) is 2.77. The van der Waals surface area contributed by atoms with Gasteiger partial charge in [-0.15, -0.1) is 0 Å².